The van der Waals surface area contributed by atoms with E-state index < -0.39 is 23.5 Å². The number of carbonyl (C=O) groups excluding carboxylic acids is 2. The fourth-order valence-electron chi connectivity index (χ4n) is 5.09. The Morgan fingerprint density at radius 2 is 1.79 bits per heavy atom. The van der Waals surface area contributed by atoms with Gasteiger partial charge in [0.1, 0.15) is 5.82 Å². The van der Waals surface area contributed by atoms with Crippen molar-refractivity contribution in [1.82, 2.24) is 14.9 Å². The van der Waals surface area contributed by atoms with Crippen LogP contribution in [-0.2, 0) is 6.18 Å². The maximum absolute atomic E-state index is 13.7. The molecule has 2 aromatic heterocycles. The van der Waals surface area contributed by atoms with Crippen molar-refractivity contribution in [2.24, 2.45) is 5.92 Å². The summed E-state index contributed by atoms with van der Waals surface area (Å²) in [6, 6.07) is 9.78. The summed E-state index contributed by atoms with van der Waals surface area (Å²) in [5, 5.41) is 5.73. The Morgan fingerprint density at radius 1 is 1.00 bits per heavy atom. The summed E-state index contributed by atoms with van der Waals surface area (Å²) in [4.78, 5) is 39.0. The van der Waals surface area contributed by atoms with Crippen LogP contribution in [0.25, 0.3) is 0 Å². The van der Waals surface area contributed by atoms with E-state index in [1.807, 2.05) is 11.8 Å². The van der Waals surface area contributed by atoms with Crippen LogP contribution in [0.3, 0.4) is 0 Å². The first-order valence-corrected chi connectivity index (χ1v) is 14.1. The molecule has 0 radical (unpaired) electrons. The predicted molar refractivity (Wildman–Crippen MR) is 153 cm³/mol. The fourth-order valence-corrected chi connectivity index (χ4v) is 5.28. The number of aromatic nitrogens is 2. The van der Waals surface area contributed by atoms with Gasteiger partial charge in [0.25, 0.3) is 11.9 Å². The summed E-state index contributed by atoms with van der Waals surface area (Å²) in [6.07, 6.45) is -1.02. The van der Waals surface area contributed by atoms with Crippen molar-refractivity contribution in [2.45, 2.75) is 32.4 Å². The molecule has 1 unspecified atom stereocenters. The number of urea groups is 1. The molecule has 0 spiro atoms. The lowest BCUT2D eigenvalue weighted by Gasteiger charge is -2.29. The third-order valence-electron chi connectivity index (χ3n) is 7.25. The van der Waals surface area contributed by atoms with Crippen LogP contribution in [0.15, 0.2) is 47.0 Å². The minimum atomic E-state index is -4.86. The smallest absolute Gasteiger partial charge is 0.417 e. The predicted octanol–water partition coefficient (Wildman–Crippen LogP) is 5.97. The van der Waals surface area contributed by atoms with Crippen molar-refractivity contribution in [3.63, 3.8) is 0 Å². The van der Waals surface area contributed by atoms with Gasteiger partial charge in [-0.05, 0) is 49.4 Å². The molecule has 5 rings (SSSR count). The van der Waals surface area contributed by atoms with Crippen LogP contribution in [0.2, 0.25) is 5.02 Å². The zero-order valence-corrected chi connectivity index (χ0v) is 23.7. The molecule has 0 saturated carbocycles. The van der Waals surface area contributed by atoms with Crippen LogP contribution in [-0.4, -0.2) is 66.1 Å². The number of para-hydroxylation sites is 1. The molecule has 2 fully saturated rings. The number of rotatable bonds is 5. The molecule has 0 bridgehead atoms. The Hall–Kier alpha value is -4.00. The van der Waals surface area contributed by atoms with Gasteiger partial charge in [-0.1, -0.05) is 30.7 Å². The molecule has 4 heterocycles. The standard InChI is InChI=1S/C28H31ClF3N7O3/c1-18-6-4-11-39(17-18)27-36-24(28(30,31)32)23(42-27)25(40)34-19-9-10-22(33-16-19)37-12-5-13-38(15-14-37)26(41)35-21-8-3-2-7-20(21)29/h2-3,7-10,16,18H,4-6,11-15,17H2,1H3,(H,34,40)(H,35,41). The lowest BCUT2D eigenvalue weighted by atomic mass is 10.0. The van der Waals surface area contributed by atoms with Crippen molar-refractivity contribution < 1.29 is 27.2 Å². The molecule has 2 N–H and O–H groups in total. The van der Waals surface area contributed by atoms with Crippen molar-refractivity contribution >= 4 is 46.7 Å². The normalized spacial score (nSPS) is 18.0. The molecular weight excluding hydrogens is 575 g/mol. The highest BCUT2D eigenvalue weighted by molar-refractivity contribution is 6.33. The number of pyridine rings is 1. The Bertz CT molecular complexity index is 1420. The fraction of sp³-hybridized carbons (Fsp3) is 0.429. The van der Waals surface area contributed by atoms with Crippen molar-refractivity contribution in [1.29, 1.82) is 0 Å². The summed E-state index contributed by atoms with van der Waals surface area (Å²) < 4.78 is 46.6. The number of oxazole rings is 1. The van der Waals surface area contributed by atoms with Crippen LogP contribution < -0.4 is 20.4 Å². The van der Waals surface area contributed by atoms with Gasteiger partial charge in [-0.2, -0.15) is 18.2 Å². The minimum absolute atomic E-state index is 0.205. The Balaban J connectivity index is 1.21. The maximum atomic E-state index is 13.7. The molecule has 2 aliphatic rings. The molecule has 14 heteroatoms. The third kappa shape index (κ3) is 6.89. The Labute approximate surface area is 245 Å². The van der Waals surface area contributed by atoms with E-state index in [1.54, 1.807) is 46.2 Å². The highest BCUT2D eigenvalue weighted by Crippen LogP contribution is 2.35. The summed E-state index contributed by atoms with van der Waals surface area (Å²) in [7, 11) is 0. The first-order chi connectivity index (χ1) is 20.1. The Kier molecular flexibility index (Phi) is 8.76. The average Bonchev–Trinajstić information content (AvgIpc) is 3.28. The lowest BCUT2D eigenvalue weighted by Crippen LogP contribution is -2.38. The van der Waals surface area contributed by atoms with Gasteiger partial charge in [-0.25, -0.2) is 9.78 Å². The zero-order chi connectivity index (χ0) is 29.9. The van der Waals surface area contributed by atoms with Gasteiger partial charge in [-0.15, -0.1) is 0 Å². The van der Waals surface area contributed by atoms with E-state index in [-0.39, 0.29) is 23.7 Å². The number of halogens is 4. The highest BCUT2D eigenvalue weighted by Gasteiger charge is 2.42. The number of amides is 3. The van der Waals surface area contributed by atoms with E-state index >= 15 is 0 Å². The van der Waals surface area contributed by atoms with E-state index in [0.29, 0.717) is 62.2 Å². The number of piperidine rings is 1. The number of anilines is 4. The average molecular weight is 606 g/mol. The molecule has 2 aliphatic heterocycles. The van der Waals surface area contributed by atoms with Crippen LogP contribution in [0.1, 0.15) is 42.4 Å². The van der Waals surface area contributed by atoms with Crippen molar-refractivity contribution in [3.05, 3.63) is 59.1 Å². The van der Waals surface area contributed by atoms with E-state index in [9.17, 15) is 22.8 Å². The maximum Gasteiger partial charge on any atom is 0.437 e. The van der Waals surface area contributed by atoms with Crippen LogP contribution in [0, 0.1) is 5.92 Å². The summed E-state index contributed by atoms with van der Waals surface area (Å²) in [5.41, 5.74) is -0.614. The van der Waals surface area contributed by atoms with E-state index in [0.717, 1.165) is 12.8 Å². The van der Waals surface area contributed by atoms with Crippen molar-refractivity contribution in [2.75, 3.05) is 59.7 Å². The van der Waals surface area contributed by atoms with Crippen LogP contribution in [0.4, 0.5) is 41.2 Å². The molecule has 1 atom stereocenters. The first kappa shape index (κ1) is 29.5. The van der Waals surface area contributed by atoms with Crippen LogP contribution >= 0.6 is 11.6 Å². The molecule has 0 aliphatic carbocycles. The summed E-state index contributed by atoms with van der Waals surface area (Å²) in [5.74, 6) is -1.06. The second-order valence-electron chi connectivity index (χ2n) is 10.5. The molecule has 2 saturated heterocycles. The quantitative estimate of drug-likeness (QED) is 0.369. The van der Waals surface area contributed by atoms with Gasteiger partial charge in [0.05, 0.1) is 22.6 Å². The topological polar surface area (TPSA) is 107 Å². The second kappa shape index (κ2) is 12.5. The van der Waals surface area contributed by atoms with Gasteiger partial charge in [0.2, 0.25) is 5.76 Å². The number of hydrogen-bond acceptors (Lipinski definition) is 7. The monoisotopic (exact) mass is 605 g/mol. The zero-order valence-electron chi connectivity index (χ0n) is 23.0. The molecule has 3 aromatic rings. The van der Waals surface area contributed by atoms with E-state index in [2.05, 4.69) is 20.6 Å². The minimum Gasteiger partial charge on any atom is -0.417 e. The van der Waals surface area contributed by atoms with E-state index in [4.69, 9.17) is 16.0 Å². The SMILES string of the molecule is CC1CCCN(c2nc(C(F)(F)F)c(C(=O)Nc3ccc(N4CCCN(C(=O)Nc5ccccc5Cl)CC4)nc3)o2)C1. The number of alkyl halides is 3. The molecule has 1 aromatic carbocycles. The van der Waals surface area contributed by atoms with Crippen molar-refractivity contribution in [3.8, 4) is 0 Å². The molecule has 224 valence electrons. The van der Waals surface area contributed by atoms with Gasteiger partial charge in [0, 0.05) is 39.3 Å². The molecule has 10 nitrogen and oxygen atoms in total. The van der Waals surface area contributed by atoms with Gasteiger partial charge in [0.15, 0.2) is 5.69 Å². The van der Waals surface area contributed by atoms with Gasteiger partial charge >= 0.3 is 12.2 Å². The summed E-state index contributed by atoms with van der Waals surface area (Å²) >= 11 is 6.15. The highest BCUT2D eigenvalue weighted by atomic mass is 35.5. The number of benzene rings is 1. The Morgan fingerprint density at radius 3 is 2.50 bits per heavy atom. The van der Waals surface area contributed by atoms with E-state index in [1.165, 1.54) is 6.20 Å². The second-order valence-corrected chi connectivity index (χ2v) is 10.9. The van der Waals surface area contributed by atoms with Gasteiger partial charge in [-0.3, -0.25) is 4.79 Å². The lowest BCUT2D eigenvalue weighted by molar-refractivity contribution is -0.141. The third-order valence-corrected chi connectivity index (χ3v) is 7.58. The number of hydrogen-bond donors (Lipinski definition) is 2. The summed E-state index contributed by atoms with van der Waals surface area (Å²) in [6.45, 7) is 5.15. The van der Waals surface area contributed by atoms with Gasteiger partial charge < -0.3 is 29.8 Å². The molecule has 42 heavy (non-hydrogen) atoms. The first-order valence-electron chi connectivity index (χ1n) is 13.7. The number of nitrogens with zero attached hydrogens (tertiary/aromatic N) is 5. The van der Waals surface area contributed by atoms with Crippen LogP contribution in [0.5, 0.6) is 0 Å². The number of carbonyl (C=O) groups is 2. The molecule has 3 amide bonds. The number of nitrogens with one attached hydrogen (secondary N) is 2. The largest absolute Gasteiger partial charge is 0.437 e. The molecular formula is C28H31ClF3N7O3.